The molecule has 0 fully saturated rings. The number of hydrogen-bond donors (Lipinski definition) is 1. The molecule has 2 aromatic carbocycles. The van der Waals surface area contributed by atoms with Gasteiger partial charge in [0, 0.05) is 13.0 Å². The largest absolute Gasteiger partial charge is 0.487 e. The van der Waals surface area contributed by atoms with Gasteiger partial charge in [0.1, 0.15) is 18.2 Å². The first-order valence-corrected chi connectivity index (χ1v) is 7.48. The Bertz CT molecular complexity index is 608. The Hall–Kier alpha value is -2.29. The molecular formula is C18H20N2O. The van der Waals surface area contributed by atoms with Gasteiger partial charge < -0.3 is 10.1 Å². The fraction of sp³-hybridized carbons (Fsp3) is 0.278. The lowest BCUT2D eigenvalue weighted by atomic mass is 10.1. The second-order valence-corrected chi connectivity index (χ2v) is 5.18. The molecular weight excluding hydrogens is 260 g/mol. The predicted octanol–water partition coefficient (Wildman–Crippen LogP) is 4.26. The number of anilines is 1. The van der Waals surface area contributed by atoms with Crippen molar-refractivity contribution in [3.8, 4) is 5.75 Å². The third kappa shape index (κ3) is 3.85. The molecule has 3 nitrogen and oxygen atoms in total. The van der Waals surface area contributed by atoms with E-state index in [2.05, 4.69) is 22.4 Å². The van der Waals surface area contributed by atoms with Crippen LogP contribution in [0.2, 0.25) is 0 Å². The molecule has 0 aliphatic carbocycles. The van der Waals surface area contributed by atoms with Crippen LogP contribution in [0.5, 0.6) is 5.75 Å². The summed E-state index contributed by atoms with van der Waals surface area (Å²) >= 11 is 0. The summed E-state index contributed by atoms with van der Waals surface area (Å²) in [6.07, 6.45) is 3.42. The highest BCUT2D eigenvalue weighted by atomic mass is 16.5. The van der Waals surface area contributed by atoms with Gasteiger partial charge in [-0.25, -0.2) is 0 Å². The van der Waals surface area contributed by atoms with Gasteiger partial charge >= 0.3 is 0 Å². The van der Waals surface area contributed by atoms with Crippen LogP contribution >= 0.6 is 0 Å². The summed E-state index contributed by atoms with van der Waals surface area (Å²) in [6, 6.07) is 18.3. The monoisotopic (exact) mass is 280 g/mol. The molecule has 1 N–H and O–H groups in total. The zero-order valence-electron chi connectivity index (χ0n) is 12.1. The van der Waals surface area contributed by atoms with Crippen LogP contribution in [-0.4, -0.2) is 12.4 Å². The summed E-state index contributed by atoms with van der Waals surface area (Å²) in [7, 11) is 0. The van der Waals surface area contributed by atoms with E-state index in [9.17, 15) is 0 Å². The molecule has 1 heterocycles. The molecule has 3 heteroatoms. The fourth-order valence-corrected chi connectivity index (χ4v) is 2.39. The summed E-state index contributed by atoms with van der Waals surface area (Å²) in [6.45, 7) is 1.50. The van der Waals surface area contributed by atoms with E-state index in [0.717, 1.165) is 30.2 Å². The van der Waals surface area contributed by atoms with E-state index in [-0.39, 0.29) is 0 Å². The molecule has 0 radical (unpaired) electrons. The molecule has 0 aromatic heterocycles. The van der Waals surface area contributed by atoms with Gasteiger partial charge in [-0.3, -0.25) is 4.99 Å². The topological polar surface area (TPSA) is 33.6 Å². The van der Waals surface area contributed by atoms with Crippen LogP contribution in [0.15, 0.2) is 59.6 Å². The van der Waals surface area contributed by atoms with Crippen LogP contribution in [0.3, 0.4) is 0 Å². The molecule has 0 saturated carbocycles. The number of hydrogen-bond acceptors (Lipinski definition) is 3. The number of aliphatic imine (C=N–C) groups is 1. The van der Waals surface area contributed by atoms with E-state index in [0.29, 0.717) is 6.61 Å². The Morgan fingerprint density at radius 2 is 1.76 bits per heavy atom. The lowest BCUT2D eigenvalue weighted by Crippen LogP contribution is -2.16. The smallest absolute Gasteiger partial charge is 0.143 e. The highest BCUT2D eigenvalue weighted by Crippen LogP contribution is 2.25. The molecule has 0 atom stereocenters. The molecule has 2 aromatic rings. The number of rotatable bonds is 4. The van der Waals surface area contributed by atoms with Crippen LogP contribution in [-0.2, 0) is 6.61 Å². The molecule has 21 heavy (non-hydrogen) atoms. The van der Waals surface area contributed by atoms with Gasteiger partial charge in [-0.1, -0.05) is 42.5 Å². The van der Waals surface area contributed by atoms with E-state index in [1.165, 1.54) is 18.4 Å². The van der Waals surface area contributed by atoms with Crippen molar-refractivity contribution in [2.45, 2.75) is 25.9 Å². The minimum Gasteiger partial charge on any atom is -0.487 e. The average Bonchev–Trinajstić information content (AvgIpc) is 2.56. The lowest BCUT2D eigenvalue weighted by Gasteiger charge is -2.17. The van der Waals surface area contributed by atoms with Crippen LogP contribution in [0.4, 0.5) is 5.69 Å². The molecule has 3 rings (SSSR count). The van der Waals surface area contributed by atoms with Crippen LogP contribution in [0.1, 0.15) is 24.8 Å². The number of nitrogens with zero attached hydrogens (tertiary/aromatic N) is 1. The predicted molar refractivity (Wildman–Crippen MR) is 87.0 cm³/mol. The Balaban J connectivity index is 1.69. The summed E-state index contributed by atoms with van der Waals surface area (Å²) in [5.41, 5.74) is 2.16. The quantitative estimate of drug-likeness (QED) is 0.908. The van der Waals surface area contributed by atoms with Crippen molar-refractivity contribution in [3.05, 3.63) is 60.2 Å². The van der Waals surface area contributed by atoms with Crippen LogP contribution in [0, 0.1) is 0 Å². The van der Waals surface area contributed by atoms with Crippen molar-refractivity contribution in [1.29, 1.82) is 0 Å². The van der Waals surface area contributed by atoms with Gasteiger partial charge in [0.05, 0.1) is 5.69 Å². The standard InChI is InChI=1S/C18H20N2O/c1-2-8-15(9-3-1)14-21-17-11-5-4-10-16(17)20-18-12-6-7-13-19-18/h1-5,8-11H,6-7,12-14H2,(H,19,20). The Labute approximate surface area is 125 Å². The van der Waals surface area contributed by atoms with Crippen LogP contribution in [0.25, 0.3) is 0 Å². The summed E-state index contributed by atoms with van der Waals surface area (Å²) in [5, 5.41) is 3.41. The fourth-order valence-electron chi connectivity index (χ4n) is 2.39. The first-order valence-electron chi connectivity index (χ1n) is 7.48. The normalized spacial score (nSPS) is 14.4. The van der Waals surface area contributed by atoms with Gasteiger partial charge in [-0.15, -0.1) is 0 Å². The maximum Gasteiger partial charge on any atom is 0.143 e. The first-order chi connectivity index (χ1) is 10.4. The molecule has 0 unspecified atom stereocenters. The van der Waals surface area contributed by atoms with Gasteiger partial charge in [0.2, 0.25) is 0 Å². The Kier molecular flexibility index (Phi) is 4.52. The van der Waals surface area contributed by atoms with E-state index in [1.54, 1.807) is 0 Å². The minimum absolute atomic E-state index is 0.575. The molecule has 108 valence electrons. The number of nitrogens with one attached hydrogen (secondary N) is 1. The number of ether oxygens (including phenoxy) is 1. The second-order valence-electron chi connectivity index (χ2n) is 5.18. The SMILES string of the molecule is c1ccc(COc2ccccc2NC2=NCCCC2)cc1. The highest BCUT2D eigenvalue weighted by Gasteiger charge is 2.08. The highest BCUT2D eigenvalue weighted by molar-refractivity contribution is 5.96. The van der Waals surface area contributed by atoms with E-state index < -0.39 is 0 Å². The van der Waals surface area contributed by atoms with Gasteiger partial charge in [-0.2, -0.15) is 0 Å². The second kappa shape index (κ2) is 6.93. The average molecular weight is 280 g/mol. The molecule has 0 amide bonds. The van der Waals surface area contributed by atoms with Gasteiger partial charge in [0.25, 0.3) is 0 Å². The summed E-state index contributed by atoms with van der Waals surface area (Å²) in [4.78, 5) is 4.53. The number of amidine groups is 1. The Morgan fingerprint density at radius 1 is 0.952 bits per heavy atom. The summed E-state index contributed by atoms with van der Waals surface area (Å²) < 4.78 is 5.95. The van der Waals surface area contributed by atoms with Gasteiger partial charge in [-0.05, 0) is 30.5 Å². The van der Waals surface area contributed by atoms with E-state index in [1.807, 2.05) is 42.5 Å². The molecule has 1 aliphatic heterocycles. The first kappa shape index (κ1) is 13.7. The molecule has 0 bridgehead atoms. The number of para-hydroxylation sites is 2. The van der Waals surface area contributed by atoms with E-state index >= 15 is 0 Å². The zero-order chi connectivity index (χ0) is 14.3. The third-order valence-corrected chi connectivity index (χ3v) is 3.53. The lowest BCUT2D eigenvalue weighted by molar-refractivity contribution is 0.308. The van der Waals surface area contributed by atoms with Crippen molar-refractivity contribution in [3.63, 3.8) is 0 Å². The summed E-state index contributed by atoms with van der Waals surface area (Å²) in [5.74, 6) is 1.94. The molecule has 0 spiro atoms. The Morgan fingerprint density at radius 3 is 2.57 bits per heavy atom. The maximum absolute atomic E-state index is 5.95. The van der Waals surface area contributed by atoms with Crippen molar-refractivity contribution in [1.82, 2.24) is 0 Å². The molecule has 1 aliphatic rings. The van der Waals surface area contributed by atoms with Crippen molar-refractivity contribution < 1.29 is 4.74 Å². The van der Waals surface area contributed by atoms with Gasteiger partial charge in [0.15, 0.2) is 0 Å². The third-order valence-electron chi connectivity index (χ3n) is 3.53. The number of benzene rings is 2. The van der Waals surface area contributed by atoms with Crippen molar-refractivity contribution >= 4 is 11.5 Å². The molecule has 0 saturated heterocycles. The van der Waals surface area contributed by atoms with Crippen molar-refractivity contribution in [2.75, 3.05) is 11.9 Å². The zero-order valence-corrected chi connectivity index (χ0v) is 12.1. The minimum atomic E-state index is 0.575. The van der Waals surface area contributed by atoms with Crippen molar-refractivity contribution in [2.24, 2.45) is 4.99 Å². The van der Waals surface area contributed by atoms with Crippen LogP contribution < -0.4 is 10.1 Å². The maximum atomic E-state index is 5.95. The van der Waals surface area contributed by atoms with E-state index in [4.69, 9.17) is 4.74 Å².